The molecule has 1 rings (SSSR count). The fourth-order valence-corrected chi connectivity index (χ4v) is 1.05. The first-order valence-electron chi connectivity index (χ1n) is 4.03. The summed E-state index contributed by atoms with van der Waals surface area (Å²) in [4.78, 5) is 10.3. The van der Waals surface area contributed by atoms with Crippen molar-refractivity contribution in [2.24, 2.45) is 0 Å². The number of aromatic hydroxyl groups is 2. The molecule has 5 nitrogen and oxygen atoms in total. The van der Waals surface area contributed by atoms with Crippen molar-refractivity contribution in [3.8, 4) is 11.5 Å². The fourth-order valence-electron chi connectivity index (χ4n) is 1.05. The summed E-state index contributed by atoms with van der Waals surface area (Å²) >= 11 is 0. The second-order valence-corrected chi connectivity index (χ2v) is 2.99. The van der Waals surface area contributed by atoms with Crippen LogP contribution in [0.25, 0.3) is 0 Å². The fraction of sp³-hybridized carbons (Fsp3) is 0.222. The quantitative estimate of drug-likeness (QED) is 0.542. The molecule has 0 fully saturated rings. The summed E-state index contributed by atoms with van der Waals surface area (Å²) in [6, 6.07) is 1.52. The SMILES string of the molecule is O=C(O)C(O)Cc1cc(O)c(O)cc1F. The minimum atomic E-state index is -1.75. The summed E-state index contributed by atoms with van der Waals surface area (Å²) in [5.41, 5.74) is -0.180. The van der Waals surface area contributed by atoms with Crippen molar-refractivity contribution in [1.82, 2.24) is 0 Å². The molecule has 6 heteroatoms. The highest BCUT2D eigenvalue weighted by atomic mass is 19.1. The van der Waals surface area contributed by atoms with Crippen LogP contribution >= 0.6 is 0 Å². The molecule has 0 spiro atoms. The number of carboxylic acids is 1. The lowest BCUT2D eigenvalue weighted by atomic mass is 10.1. The van der Waals surface area contributed by atoms with Gasteiger partial charge in [-0.2, -0.15) is 0 Å². The molecule has 0 heterocycles. The summed E-state index contributed by atoms with van der Waals surface area (Å²) < 4.78 is 13.1. The maximum atomic E-state index is 13.1. The second kappa shape index (κ2) is 4.14. The van der Waals surface area contributed by atoms with Gasteiger partial charge in [0.05, 0.1) is 0 Å². The Kier molecular flexibility index (Phi) is 3.11. The Morgan fingerprint density at radius 2 is 1.87 bits per heavy atom. The predicted molar refractivity (Wildman–Crippen MR) is 47.1 cm³/mol. The molecule has 0 aliphatic heterocycles. The smallest absolute Gasteiger partial charge is 0.332 e. The normalized spacial score (nSPS) is 12.4. The standard InChI is InChI=1S/C9H9FO5/c10-5-3-7(12)6(11)1-4(5)2-8(13)9(14)15/h1,3,8,11-13H,2H2,(H,14,15). The van der Waals surface area contributed by atoms with E-state index in [1.165, 1.54) is 0 Å². The van der Waals surface area contributed by atoms with Crippen LogP contribution in [0, 0.1) is 5.82 Å². The van der Waals surface area contributed by atoms with Crippen LogP contribution in [-0.4, -0.2) is 32.5 Å². The molecule has 1 aromatic rings. The van der Waals surface area contributed by atoms with Crippen molar-refractivity contribution in [2.75, 3.05) is 0 Å². The molecule has 1 atom stereocenters. The van der Waals surface area contributed by atoms with Crippen LogP contribution < -0.4 is 0 Å². The zero-order chi connectivity index (χ0) is 11.6. The van der Waals surface area contributed by atoms with Crippen molar-refractivity contribution in [3.05, 3.63) is 23.5 Å². The number of phenolic OH excluding ortho intramolecular Hbond substituents is 2. The number of carbonyl (C=O) groups is 1. The molecule has 4 N–H and O–H groups in total. The van der Waals surface area contributed by atoms with Crippen molar-refractivity contribution >= 4 is 5.97 Å². The number of hydrogen-bond donors (Lipinski definition) is 4. The second-order valence-electron chi connectivity index (χ2n) is 2.99. The highest BCUT2D eigenvalue weighted by Crippen LogP contribution is 2.28. The molecule has 1 aromatic carbocycles. The molecule has 0 saturated carbocycles. The van der Waals surface area contributed by atoms with Crippen LogP contribution in [0.4, 0.5) is 4.39 Å². The maximum Gasteiger partial charge on any atom is 0.332 e. The number of aliphatic carboxylic acids is 1. The molecule has 82 valence electrons. The van der Waals surface area contributed by atoms with Crippen LogP contribution in [0.3, 0.4) is 0 Å². The van der Waals surface area contributed by atoms with Gasteiger partial charge in [0.2, 0.25) is 0 Å². The largest absolute Gasteiger partial charge is 0.504 e. The van der Waals surface area contributed by atoms with Gasteiger partial charge in [0.15, 0.2) is 17.6 Å². The van der Waals surface area contributed by atoms with Gasteiger partial charge in [0.1, 0.15) is 5.82 Å². The van der Waals surface area contributed by atoms with Crippen LogP contribution in [0.2, 0.25) is 0 Å². The number of hydrogen-bond acceptors (Lipinski definition) is 4. The maximum absolute atomic E-state index is 13.1. The Balaban J connectivity index is 2.95. The average molecular weight is 216 g/mol. The van der Waals surface area contributed by atoms with Gasteiger partial charge in [-0.3, -0.25) is 0 Å². The Bertz CT molecular complexity index is 390. The van der Waals surface area contributed by atoms with Crippen molar-refractivity contribution in [1.29, 1.82) is 0 Å². The van der Waals surface area contributed by atoms with E-state index in [9.17, 15) is 9.18 Å². The summed E-state index contributed by atoms with van der Waals surface area (Å²) in [7, 11) is 0. The molecule has 1 unspecified atom stereocenters. The summed E-state index contributed by atoms with van der Waals surface area (Å²) in [6.45, 7) is 0. The van der Waals surface area contributed by atoms with Gasteiger partial charge in [-0.05, 0) is 11.6 Å². The Morgan fingerprint density at radius 1 is 1.33 bits per heavy atom. The summed E-state index contributed by atoms with van der Waals surface area (Å²) in [5, 5.41) is 35.3. The van der Waals surface area contributed by atoms with Crippen molar-refractivity contribution in [3.63, 3.8) is 0 Å². The third-order valence-corrected chi connectivity index (χ3v) is 1.84. The van der Waals surface area contributed by atoms with Crippen LogP contribution in [0.1, 0.15) is 5.56 Å². The van der Waals surface area contributed by atoms with Crippen molar-refractivity contribution in [2.45, 2.75) is 12.5 Å². The molecular weight excluding hydrogens is 207 g/mol. The highest BCUT2D eigenvalue weighted by Gasteiger charge is 2.17. The van der Waals surface area contributed by atoms with Crippen molar-refractivity contribution < 1.29 is 29.6 Å². The first-order valence-corrected chi connectivity index (χ1v) is 4.03. The molecule has 0 radical (unpaired) electrons. The van der Waals surface area contributed by atoms with E-state index in [-0.39, 0.29) is 5.56 Å². The Labute approximate surface area is 84.0 Å². The molecule has 15 heavy (non-hydrogen) atoms. The third kappa shape index (κ3) is 2.57. The zero-order valence-corrected chi connectivity index (χ0v) is 7.51. The molecule has 0 aliphatic rings. The number of aliphatic hydroxyl groups excluding tert-OH is 1. The number of phenols is 2. The van der Waals surface area contributed by atoms with Gasteiger partial charge in [0.25, 0.3) is 0 Å². The summed E-state index contributed by atoms with van der Waals surface area (Å²) in [6.07, 6.45) is -2.22. The van der Waals surface area contributed by atoms with Gasteiger partial charge in [-0.15, -0.1) is 0 Å². The minimum absolute atomic E-state index is 0.180. The van der Waals surface area contributed by atoms with Gasteiger partial charge in [-0.25, -0.2) is 9.18 Å². The van der Waals surface area contributed by atoms with Gasteiger partial charge >= 0.3 is 5.97 Å². The molecule has 0 amide bonds. The predicted octanol–water partition coefficient (Wildman–Crippen LogP) is 0.225. The lowest BCUT2D eigenvalue weighted by molar-refractivity contribution is -0.146. The first-order chi connectivity index (χ1) is 6.91. The van der Waals surface area contributed by atoms with Gasteiger partial charge < -0.3 is 20.4 Å². The Hall–Kier alpha value is -1.82. The van der Waals surface area contributed by atoms with Crippen LogP contribution in [0.5, 0.6) is 11.5 Å². The van der Waals surface area contributed by atoms with Gasteiger partial charge in [-0.1, -0.05) is 0 Å². The molecule has 0 aromatic heterocycles. The van der Waals surface area contributed by atoms with Crippen LogP contribution in [0.15, 0.2) is 12.1 Å². The van der Waals surface area contributed by atoms with E-state index in [0.29, 0.717) is 6.07 Å². The van der Waals surface area contributed by atoms with Crippen LogP contribution in [-0.2, 0) is 11.2 Å². The number of aliphatic hydroxyl groups is 1. The molecule has 0 saturated heterocycles. The lowest BCUT2D eigenvalue weighted by Gasteiger charge is -2.07. The lowest BCUT2D eigenvalue weighted by Crippen LogP contribution is -2.22. The third-order valence-electron chi connectivity index (χ3n) is 1.84. The Morgan fingerprint density at radius 3 is 2.40 bits per heavy atom. The number of halogens is 1. The molecule has 0 bridgehead atoms. The average Bonchev–Trinajstić information content (AvgIpc) is 2.13. The van der Waals surface area contributed by atoms with E-state index >= 15 is 0 Å². The van der Waals surface area contributed by atoms with E-state index in [2.05, 4.69) is 0 Å². The molecular formula is C9H9FO5. The minimum Gasteiger partial charge on any atom is -0.504 e. The monoisotopic (exact) mass is 216 g/mol. The van der Waals surface area contributed by atoms with Gasteiger partial charge in [0, 0.05) is 12.5 Å². The number of rotatable bonds is 3. The van der Waals surface area contributed by atoms with E-state index in [0.717, 1.165) is 6.07 Å². The number of carboxylic acid groups (broad SMARTS) is 1. The zero-order valence-electron chi connectivity index (χ0n) is 7.51. The van der Waals surface area contributed by atoms with E-state index < -0.39 is 35.8 Å². The van der Waals surface area contributed by atoms with E-state index in [1.807, 2.05) is 0 Å². The highest BCUT2D eigenvalue weighted by molar-refractivity contribution is 5.72. The number of benzene rings is 1. The summed E-state index contributed by atoms with van der Waals surface area (Å²) in [5.74, 6) is -3.57. The topological polar surface area (TPSA) is 98.0 Å². The van der Waals surface area contributed by atoms with E-state index in [1.54, 1.807) is 0 Å². The van der Waals surface area contributed by atoms with E-state index in [4.69, 9.17) is 20.4 Å². The molecule has 0 aliphatic carbocycles. The first kappa shape index (κ1) is 11.3.